The maximum Gasteiger partial charge on any atom is 0.433 e. The lowest BCUT2D eigenvalue weighted by atomic mass is 9.94. The molecule has 230 valence electrons. The molecule has 1 fully saturated rings. The van der Waals surface area contributed by atoms with Gasteiger partial charge in [0.15, 0.2) is 5.75 Å². The fourth-order valence-electron chi connectivity index (χ4n) is 6.21. The monoisotopic (exact) mass is 608 g/mol. The number of aromatic nitrogens is 3. The molecule has 1 saturated carbocycles. The number of alkyl halides is 3. The molecule has 13 heteroatoms. The Kier molecular flexibility index (Phi) is 7.21. The molecule has 44 heavy (non-hydrogen) atoms. The molecule has 2 amide bonds. The summed E-state index contributed by atoms with van der Waals surface area (Å²) < 4.78 is 47.7. The van der Waals surface area contributed by atoms with Gasteiger partial charge < -0.3 is 20.3 Å². The summed E-state index contributed by atoms with van der Waals surface area (Å²) in [5.41, 5.74) is 8.04. The number of benzene rings is 1. The van der Waals surface area contributed by atoms with E-state index in [0.717, 1.165) is 35.9 Å². The molecule has 2 aromatic heterocycles. The molecule has 1 aliphatic carbocycles. The zero-order valence-electron chi connectivity index (χ0n) is 24.3. The number of carbonyl (C=O) groups is 3. The Morgan fingerprint density at radius 3 is 2.57 bits per heavy atom. The number of pyridine rings is 1. The fourth-order valence-corrected chi connectivity index (χ4v) is 6.21. The molecule has 10 nitrogen and oxygen atoms in total. The molecule has 2 N–H and O–H groups in total. The van der Waals surface area contributed by atoms with Gasteiger partial charge in [-0.15, -0.1) is 0 Å². The number of hydrogen-bond acceptors (Lipinski definition) is 7. The lowest BCUT2D eigenvalue weighted by Gasteiger charge is -2.38. The number of amides is 2. The number of nitrogens with two attached hydrogens (primary N) is 1. The highest BCUT2D eigenvalue weighted by Crippen LogP contribution is 2.44. The first kappa shape index (κ1) is 29.4. The van der Waals surface area contributed by atoms with Gasteiger partial charge >= 0.3 is 12.1 Å². The number of ether oxygens (including phenoxy) is 1. The van der Waals surface area contributed by atoms with Crippen molar-refractivity contribution in [2.75, 3.05) is 25.4 Å². The van der Waals surface area contributed by atoms with Gasteiger partial charge in [0.05, 0.1) is 28.7 Å². The quantitative estimate of drug-likeness (QED) is 0.260. The van der Waals surface area contributed by atoms with Crippen molar-refractivity contribution in [3.8, 4) is 11.4 Å². The van der Waals surface area contributed by atoms with E-state index in [1.54, 1.807) is 9.58 Å². The van der Waals surface area contributed by atoms with Gasteiger partial charge in [-0.05, 0) is 49.5 Å². The SMILES string of the molecule is C=CC(=O)N1CCc2nn(-c3ccc(C4CC4)cc3OC(C)=O)c3c2C(C1)N(C(=O)c1cnc(C(F)(F)F)c(C)c1N)CC3. The highest BCUT2D eigenvalue weighted by atomic mass is 19.4. The van der Waals surface area contributed by atoms with E-state index in [9.17, 15) is 27.6 Å². The van der Waals surface area contributed by atoms with Crippen LogP contribution in [0.5, 0.6) is 5.75 Å². The van der Waals surface area contributed by atoms with E-state index in [2.05, 4.69) is 11.6 Å². The molecule has 1 aromatic carbocycles. The lowest BCUT2D eigenvalue weighted by Crippen LogP contribution is -2.46. The largest absolute Gasteiger partial charge is 0.433 e. The lowest BCUT2D eigenvalue weighted by molar-refractivity contribution is -0.141. The van der Waals surface area contributed by atoms with Crippen molar-refractivity contribution in [2.24, 2.45) is 0 Å². The number of anilines is 1. The Balaban J connectivity index is 1.45. The van der Waals surface area contributed by atoms with Crippen molar-refractivity contribution >= 4 is 23.5 Å². The second-order valence-corrected chi connectivity index (χ2v) is 11.4. The molecular weight excluding hydrogens is 577 g/mol. The third-order valence-corrected chi connectivity index (χ3v) is 8.54. The topological polar surface area (TPSA) is 124 Å². The van der Waals surface area contributed by atoms with Crippen molar-refractivity contribution in [3.05, 3.63) is 76.4 Å². The molecule has 1 unspecified atom stereocenters. The average molecular weight is 609 g/mol. The number of carbonyl (C=O) groups excluding carboxylic acids is 3. The summed E-state index contributed by atoms with van der Waals surface area (Å²) >= 11 is 0. The molecule has 0 spiro atoms. The maximum absolute atomic E-state index is 14.0. The van der Waals surface area contributed by atoms with E-state index >= 15 is 0 Å². The molecule has 0 saturated heterocycles. The summed E-state index contributed by atoms with van der Waals surface area (Å²) in [6, 6.07) is 5.08. The standard InChI is InChI=1S/C31H31F3N6O4/c1-4-26(42)38-11-9-21-27-23(40(37-21)22-8-7-19(18-5-6-18)13-25(22)44-17(3)41)10-12-39(24(27)15-38)30(43)20-14-36-29(31(32,33)34)16(2)28(20)35/h4,7-8,13-14,18,24H,1,5-6,9-12,15H2,2-3H3,(H2,35,36). The highest BCUT2D eigenvalue weighted by Gasteiger charge is 2.42. The zero-order chi connectivity index (χ0) is 31.5. The van der Waals surface area contributed by atoms with Crippen LogP contribution in [0, 0.1) is 6.92 Å². The maximum atomic E-state index is 14.0. The van der Waals surface area contributed by atoms with Gasteiger partial charge in [0.2, 0.25) is 5.91 Å². The van der Waals surface area contributed by atoms with Crippen LogP contribution in [0.25, 0.3) is 5.69 Å². The number of nitrogen functional groups attached to an aromatic ring is 1. The van der Waals surface area contributed by atoms with Crippen LogP contribution in [0.2, 0.25) is 0 Å². The fraction of sp³-hybridized carbons (Fsp3) is 0.387. The van der Waals surface area contributed by atoms with Crippen LogP contribution in [0.3, 0.4) is 0 Å². The zero-order valence-corrected chi connectivity index (χ0v) is 24.3. The summed E-state index contributed by atoms with van der Waals surface area (Å²) in [5, 5.41) is 4.92. The number of halogens is 3. The molecule has 3 aromatic rings. The smallest absolute Gasteiger partial charge is 0.424 e. The summed E-state index contributed by atoms with van der Waals surface area (Å²) in [7, 11) is 0. The second kappa shape index (κ2) is 10.8. The highest BCUT2D eigenvalue weighted by molar-refractivity contribution is 6.00. The molecular formula is C31H31F3N6O4. The van der Waals surface area contributed by atoms with E-state index in [0.29, 0.717) is 42.4 Å². The van der Waals surface area contributed by atoms with Crippen molar-refractivity contribution in [3.63, 3.8) is 0 Å². The summed E-state index contributed by atoms with van der Waals surface area (Å²) in [4.78, 5) is 45.4. The Morgan fingerprint density at radius 1 is 1.16 bits per heavy atom. The van der Waals surface area contributed by atoms with Gasteiger partial charge in [-0.2, -0.15) is 18.3 Å². The third kappa shape index (κ3) is 5.09. The first-order chi connectivity index (χ1) is 20.9. The first-order valence-electron chi connectivity index (χ1n) is 14.4. The van der Waals surface area contributed by atoms with Crippen molar-refractivity contribution in [1.82, 2.24) is 24.6 Å². The summed E-state index contributed by atoms with van der Waals surface area (Å²) in [6.45, 7) is 6.72. The van der Waals surface area contributed by atoms with Crippen LogP contribution in [0.4, 0.5) is 18.9 Å². The Hall–Kier alpha value is -4.68. The number of esters is 1. The molecule has 1 atom stereocenters. The minimum atomic E-state index is -4.72. The first-order valence-corrected chi connectivity index (χ1v) is 14.4. The predicted molar refractivity (Wildman–Crippen MR) is 153 cm³/mol. The van der Waals surface area contributed by atoms with Crippen molar-refractivity contribution < 1.29 is 32.3 Å². The van der Waals surface area contributed by atoms with Crippen LogP contribution in [-0.4, -0.2) is 62.0 Å². The second-order valence-electron chi connectivity index (χ2n) is 11.4. The molecule has 2 aliphatic heterocycles. The Morgan fingerprint density at radius 2 is 1.91 bits per heavy atom. The van der Waals surface area contributed by atoms with E-state index < -0.39 is 29.8 Å². The number of hydrogen-bond donors (Lipinski definition) is 1. The normalized spacial score (nSPS) is 18.0. The van der Waals surface area contributed by atoms with Crippen molar-refractivity contribution in [2.45, 2.75) is 57.7 Å². The Labute approximate surface area is 251 Å². The van der Waals surface area contributed by atoms with Gasteiger partial charge in [-0.25, -0.2) is 4.68 Å². The van der Waals surface area contributed by atoms with Gasteiger partial charge in [-0.1, -0.05) is 12.6 Å². The minimum Gasteiger partial charge on any atom is -0.424 e. The van der Waals surface area contributed by atoms with Gasteiger partial charge in [0.25, 0.3) is 5.91 Å². The summed E-state index contributed by atoms with van der Waals surface area (Å²) in [5.74, 6) is -0.564. The van der Waals surface area contributed by atoms with Gasteiger partial charge in [-0.3, -0.25) is 19.4 Å². The molecule has 4 heterocycles. The van der Waals surface area contributed by atoms with Gasteiger partial charge in [0.1, 0.15) is 11.4 Å². The Bertz CT molecular complexity index is 1710. The van der Waals surface area contributed by atoms with E-state index in [4.69, 9.17) is 15.6 Å². The van der Waals surface area contributed by atoms with E-state index in [1.807, 2.05) is 18.2 Å². The number of rotatable bonds is 5. The molecule has 6 rings (SSSR count). The third-order valence-electron chi connectivity index (χ3n) is 8.54. The minimum absolute atomic E-state index is 0.118. The molecule has 0 bridgehead atoms. The van der Waals surface area contributed by atoms with Crippen LogP contribution in [-0.2, 0) is 28.6 Å². The van der Waals surface area contributed by atoms with Crippen LogP contribution >= 0.6 is 0 Å². The van der Waals surface area contributed by atoms with Crippen molar-refractivity contribution in [1.29, 1.82) is 0 Å². The van der Waals surface area contributed by atoms with Crippen LogP contribution in [0.1, 0.15) is 75.9 Å². The van der Waals surface area contributed by atoms with Crippen LogP contribution in [0.15, 0.2) is 37.1 Å². The van der Waals surface area contributed by atoms with Crippen LogP contribution < -0.4 is 10.5 Å². The van der Waals surface area contributed by atoms with E-state index in [1.165, 1.54) is 24.8 Å². The van der Waals surface area contributed by atoms with Gasteiger partial charge in [0, 0.05) is 56.7 Å². The number of nitrogens with zero attached hydrogens (tertiary/aromatic N) is 5. The average Bonchev–Trinajstić information content (AvgIpc) is 3.78. The molecule has 3 aliphatic rings. The van der Waals surface area contributed by atoms with E-state index in [-0.39, 0.29) is 35.8 Å². The summed E-state index contributed by atoms with van der Waals surface area (Å²) in [6.07, 6.45) is 0.222. The predicted octanol–water partition coefficient (Wildman–Crippen LogP) is 4.29. The molecule has 0 radical (unpaired) electrons.